The lowest BCUT2D eigenvalue weighted by molar-refractivity contribution is -0.115. The Labute approximate surface area is 165 Å². The van der Waals surface area contributed by atoms with Gasteiger partial charge < -0.3 is 11.2 Å². The molecule has 0 aliphatic rings. The number of hydrogen-bond donors (Lipinski definition) is 2. The number of nitrogens with one attached hydrogen (secondary N) is 1. The number of rotatable bonds is 5. The van der Waals surface area contributed by atoms with Gasteiger partial charge in [-0.2, -0.15) is 0 Å². The molecular weight excluding hydrogens is 391 g/mol. The molecule has 1 heterocycles. The van der Waals surface area contributed by atoms with E-state index in [1.165, 1.54) is 16.4 Å². The topological polar surface area (TPSA) is 72.9 Å². The van der Waals surface area contributed by atoms with E-state index in [1.807, 2.05) is 30.3 Å². The molecular formula is C18H16Cl2N4OS. The van der Waals surface area contributed by atoms with E-state index in [1.54, 1.807) is 31.3 Å². The van der Waals surface area contributed by atoms with E-state index < -0.39 is 5.25 Å². The zero-order chi connectivity index (χ0) is 18.7. The van der Waals surface area contributed by atoms with E-state index >= 15 is 0 Å². The molecule has 0 fully saturated rings. The molecule has 0 saturated carbocycles. The van der Waals surface area contributed by atoms with Crippen molar-refractivity contribution in [2.45, 2.75) is 17.3 Å². The summed E-state index contributed by atoms with van der Waals surface area (Å²) in [5.41, 5.74) is 2.18. The van der Waals surface area contributed by atoms with Gasteiger partial charge in [0.05, 0.1) is 27.9 Å². The number of carbonyl (C=O) groups excluding carboxylic acids is 1. The summed E-state index contributed by atoms with van der Waals surface area (Å²) < 4.78 is 1.42. The summed E-state index contributed by atoms with van der Waals surface area (Å²) in [6, 6.07) is 14.6. The first-order valence-electron chi connectivity index (χ1n) is 7.76. The Morgan fingerprint density at radius 3 is 2.69 bits per heavy atom. The molecule has 26 heavy (non-hydrogen) atoms. The van der Waals surface area contributed by atoms with Crippen molar-refractivity contribution in [2.75, 3.05) is 11.2 Å². The second kappa shape index (κ2) is 8.03. The minimum atomic E-state index is -0.432. The van der Waals surface area contributed by atoms with Crippen LogP contribution in [0.2, 0.25) is 10.0 Å². The van der Waals surface area contributed by atoms with Crippen molar-refractivity contribution in [2.24, 2.45) is 0 Å². The predicted octanol–water partition coefficient (Wildman–Crippen LogP) is 4.69. The number of nitrogens with zero attached hydrogens (tertiary/aromatic N) is 2. The number of hydrogen-bond acceptors (Lipinski definition) is 4. The third kappa shape index (κ3) is 4.33. The van der Waals surface area contributed by atoms with Crippen molar-refractivity contribution in [1.82, 2.24) is 9.66 Å². The molecule has 0 aliphatic carbocycles. The normalized spacial score (nSPS) is 12.0. The Kier molecular flexibility index (Phi) is 5.76. The largest absolute Gasteiger partial charge is 0.337 e. The van der Waals surface area contributed by atoms with Crippen LogP contribution in [-0.4, -0.2) is 20.8 Å². The molecule has 0 spiro atoms. The van der Waals surface area contributed by atoms with Crippen LogP contribution in [0.3, 0.4) is 0 Å². The molecule has 1 amide bonds. The van der Waals surface area contributed by atoms with E-state index in [4.69, 9.17) is 29.0 Å². The summed E-state index contributed by atoms with van der Waals surface area (Å²) in [7, 11) is 0. The number of halogens is 2. The maximum atomic E-state index is 12.5. The van der Waals surface area contributed by atoms with Crippen LogP contribution in [0, 0.1) is 0 Å². The van der Waals surface area contributed by atoms with Crippen LogP contribution in [0.25, 0.3) is 11.3 Å². The Balaban J connectivity index is 1.71. The lowest BCUT2D eigenvalue weighted by Crippen LogP contribution is -2.23. The highest BCUT2D eigenvalue weighted by Gasteiger charge is 2.19. The molecule has 3 rings (SSSR count). The highest BCUT2D eigenvalue weighted by molar-refractivity contribution is 8.00. The number of nitrogens with two attached hydrogens (primary N) is 1. The van der Waals surface area contributed by atoms with Crippen molar-refractivity contribution in [3.8, 4) is 11.3 Å². The van der Waals surface area contributed by atoms with E-state index in [0.717, 1.165) is 11.3 Å². The molecule has 0 unspecified atom stereocenters. The van der Waals surface area contributed by atoms with Crippen LogP contribution in [0.5, 0.6) is 0 Å². The Hall–Kier alpha value is -2.15. The van der Waals surface area contributed by atoms with Crippen molar-refractivity contribution in [1.29, 1.82) is 0 Å². The molecule has 5 nitrogen and oxygen atoms in total. The third-order valence-corrected chi connectivity index (χ3v) is 5.25. The van der Waals surface area contributed by atoms with Crippen LogP contribution in [0.15, 0.2) is 59.9 Å². The van der Waals surface area contributed by atoms with E-state index in [2.05, 4.69) is 10.3 Å². The lowest BCUT2D eigenvalue weighted by Gasteiger charge is -2.12. The summed E-state index contributed by atoms with van der Waals surface area (Å²) in [5, 5.41) is 3.81. The van der Waals surface area contributed by atoms with Gasteiger partial charge in [0.2, 0.25) is 5.91 Å². The minimum Gasteiger partial charge on any atom is -0.337 e. The maximum Gasteiger partial charge on any atom is 0.237 e. The molecule has 0 bridgehead atoms. The second-order valence-electron chi connectivity index (χ2n) is 5.56. The quantitative estimate of drug-likeness (QED) is 0.476. The van der Waals surface area contributed by atoms with E-state index in [0.29, 0.717) is 20.9 Å². The van der Waals surface area contributed by atoms with Gasteiger partial charge >= 0.3 is 0 Å². The van der Waals surface area contributed by atoms with Gasteiger partial charge in [0.1, 0.15) is 0 Å². The molecule has 1 aromatic heterocycles. The molecule has 0 saturated heterocycles. The fourth-order valence-corrected chi connectivity index (χ4v) is 3.40. The molecule has 0 radical (unpaired) electrons. The monoisotopic (exact) mass is 406 g/mol. The zero-order valence-corrected chi connectivity index (χ0v) is 16.1. The number of benzene rings is 2. The smallest absolute Gasteiger partial charge is 0.237 e. The number of aromatic nitrogens is 2. The first kappa shape index (κ1) is 18.6. The number of amides is 1. The highest BCUT2D eigenvalue weighted by atomic mass is 35.5. The second-order valence-corrected chi connectivity index (χ2v) is 7.71. The number of nitrogen functional groups attached to an aromatic ring is 1. The standard InChI is InChI=1S/C18H16Cl2N4OS/c1-11(17(25)22-15-9-13(19)7-8-14(15)20)26-18-23-16(10-24(18)21)12-5-3-2-4-6-12/h2-11H,21H2,1H3,(H,22,25)/t11-/m0/s1. The van der Waals surface area contributed by atoms with Gasteiger partial charge in [0.25, 0.3) is 0 Å². The van der Waals surface area contributed by atoms with E-state index in [-0.39, 0.29) is 5.91 Å². The molecule has 3 aromatic rings. The highest BCUT2D eigenvalue weighted by Crippen LogP contribution is 2.29. The van der Waals surface area contributed by atoms with Gasteiger partial charge in [-0.1, -0.05) is 65.3 Å². The summed E-state index contributed by atoms with van der Waals surface area (Å²) in [6.07, 6.45) is 1.73. The van der Waals surface area contributed by atoms with Crippen molar-refractivity contribution in [3.05, 3.63) is 64.8 Å². The van der Waals surface area contributed by atoms with Crippen LogP contribution in [-0.2, 0) is 4.79 Å². The van der Waals surface area contributed by atoms with E-state index in [9.17, 15) is 4.79 Å². The summed E-state index contributed by atoms with van der Waals surface area (Å²) in [4.78, 5) is 17.0. The first-order valence-corrected chi connectivity index (χ1v) is 9.40. The third-order valence-electron chi connectivity index (χ3n) is 3.61. The van der Waals surface area contributed by atoms with Gasteiger partial charge in [-0.3, -0.25) is 4.79 Å². The van der Waals surface area contributed by atoms with Gasteiger partial charge in [-0.05, 0) is 25.1 Å². The van der Waals surface area contributed by atoms with Crippen molar-refractivity contribution < 1.29 is 4.79 Å². The number of carbonyl (C=O) groups is 1. The Morgan fingerprint density at radius 1 is 1.23 bits per heavy atom. The molecule has 134 valence electrons. The first-order chi connectivity index (χ1) is 12.4. The molecule has 2 aromatic carbocycles. The zero-order valence-electron chi connectivity index (χ0n) is 13.8. The number of imidazole rings is 1. The number of thioether (sulfide) groups is 1. The molecule has 3 N–H and O–H groups in total. The molecule has 1 atom stereocenters. The van der Waals surface area contributed by atoms with Crippen LogP contribution in [0.1, 0.15) is 6.92 Å². The van der Waals surface area contributed by atoms with Crippen LogP contribution in [0.4, 0.5) is 5.69 Å². The van der Waals surface area contributed by atoms with Gasteiger partial charge in [-0.15, -0.1) is 0 Å². The van der Waals surface area contributed by atoms with Gasteiger partial charge in [0.15, 0.2) is 5.16 Å². The SMILES string of the molecule is C[C@H](Sc1nc(-c2ccccc2)cn1N)C(=O)Nc1cc(Cl)ccc1Cl. The fraction of sp³-hybridized carbons (Fsp3) is 0.111. The Bertz CT molecular complexity index is 930. The van der Waals surface area contributed by atoms with Crippen LogP contribution >= 0.6 is 35.0 Å². The predicted molar refractivity (Wildman–Crippen MR) is 108 cm³/mol. The van der Waals surface area contributed by atoms with Crippen LogP contribution < -0.4 is 11.2 Å². The van der Waals surface area contributed by atoms with Gasteiger partial charge in [0, 0.05) is 10.6 Å². The summed E-state index contributed by atoms with van der Waals surface area (Å²) in [6.45, 7) is 1.77. The summed E-state index contributed by atoms with van der Waals surface area (Å²) >= 11 is 13.3. The molecule has 8 heteroatoms. The maximum absolute atomic E-state index is 12.5. The number of anilines is 1. The fourth-order valence-electron chi connectivity index (χ4n) is 2.25. The average molecular weight is 407 g/mol. The lowest BCUT2D eigenvalue weighted by atomic mass is 10.2. The molecule has 0 aliphatic heterocycles. The summed E-state index contributed by atoms with van der Waals surface area (Å²) in [5.74, 6) is 5.77. The Morgan fingerprint density at radius 2 is 1.96 bits per heavy atom. The van der Waals surface area contributed by atoms with Crippen molar-refractivity contribution in [3.63, 3.8) is 0 Å². The minimum absolute atomic E-state index is 0.219. The van der Waals surface area contributed by atoms with Gasteiger partial charge in [-0.25, -0.2) is 9.66 Å². The average Bonchev–Trinajstić information content (AvgIpc) is 2.99. The van der Waals surface area contributed by atoms with Crippen molar-refractivity contribution >= 4 is 46.6 Å².